The van der Waals surface area contributed by atoms with Gasteiger partial charge >= 0.3 is 5.97 Å². The number of phenolic OH excluding ortho intramolecular Hbond substituents is 1. The first-order valence-corrected chi connectivity index (χ1v) is 13.0. The standard InChI is InChI=1S/C22H26N6O5S2/c1-11(2)27-8-16(25-26-27)34-9-13-10-35-21-17(20(31)28(21)18(13)22(32)33)24-19(30)15(7-23)12-3-5-14(29)6-4-12/h3-6,8,11,15,17,21,29H,7,9-10,23H2,1-2H3,(H,24,30)(H,32,33). The van der Waals surface area contributed by atoms with Gasteiger partial charge in [-0.05, 0) is 37.1 Å². The minimum absolute atomic E-state index is 0.0160. The molecule has 3 unspecified atom stereocenters. The van der Waals surface area contributed by atoms with Crippen molar-refractivity contribution in [2.75, 3.05) is 18.1 Å². The Balaban J connectivity index is 1.45. The smallest absolute Gasteiger partial charge is 0.352 e. The third kappa shape index (κ3) is 5.02. The average Bonchev–Trinajstić information content (AvgIpc) is 3.31. The number of carboxylic acids is 1. The number of phenols is 1. The van der Waals surface area contributed by atoms with Crippen LogP contribution in [0.3, 0.4) is 0 Å². The fraction of sp³-hybridized carbons (Fsp3) is 0.409. The lowest BCUT2D eigenvalue weighted by Crippen LogP contribution is -2.71. The molecule has 3 atom stereocenters. The van der Waals surface area contributed by atoms with Crippen LogP contribution in [0.5, 0.6) is 5.75 Å². The molecule has 0 spiro atoms. The van der Waals surface area contributed by atoms with Crippen molar-refractivity contribution in [2.24, 2.45) is 5.73 Å². The molecular weight excluding hydrogens is 492 g/mol. The van der Waals surface area contributed by atoms with E-state index in [1.165, 1.54) is 40.6 Å². The lowest BCUT2D eigenvalue weighted by atomic mass is 9.96. The van der Waals surface area contributed by atoms with E-state index in [1.54, 1.807) is 23.0 Å². The number of benzene rings is 1. The maximum atomic E-state index is 12.9. The Morgan fingerprint density at radius 2 is 2.03 bits per heavy atom. The van der Waals surface area contributed by atoms with E-state index in [-0.39, 0.29) is 24.0 Å². The first kappa shape index (κ1) is 25.1. The summed E-state index contributed by atoms with van der Waals surface area (Å²) >= 11 is 2.77. The second-order valence-electron chi connectivity index (χ2n) is 8.45. The van der Waals surface area contributed by atoms with Gasteiger partial charge in [-0.3, -0.25) is 14.5 Å². The van der Waals surface area contributed by atoms with E-state index in [1.807, 2.05) is 13.8 Å². The summed E-state index contributed by atoms with van der Waals surface area (Å²) in [5.74, 6) is -1.94. The van der Waals surface area contributed by atoms with Gasteiger partial charge in [0.2, 0.25) is 5.91 Å². The summed E-state index contributed by atoms with van der Waals surface area (Å²) in [7, 11) is 0. The van der Waals surface area contributed by atoms with Gasteiger partial charge in [0.05, 0.1) is 12.1 Å². The number of aromatic nitrogens is 3. The number of fused-ring (bicyclic) bond motifs is 1. The highest BCUT2D eigenvalue weighted by atomic mass is 32.2. The molecule has 2 amide bonds. The normalized spacial score (nSPS) is 20.5. The second-order valence-corrected chi connectivity index (χ2v) is 10.6. The van der Waals surface area contributed by atoms with E-state index in [0.29, 0.717) is 27.7 Å². The molecule has 2 aliphatic heterocycles. The van der Waals surface area contributed by atoms with Gasteiger partial charge in [-0.1, -0.05) is 29.1 Å². The zero-order valence-corrected chi connectivity index (χ0v) is 20.8. The van der Waals surface area contributed by atoms with Crippen molar-refractivity contribution < 1.29 is 24.6 Å². The Hall–Kier alpha value is -3.03. The van der Waals surface area contributed by atoms with Crippen molar-refractivity contribution in [1.29, 1.82) is 0 Å². The molecule has 2 aliphatic rings. The van der Waals surface area contributed by atoms with Crippen LogP contribution in [0.15, 0.2) is 46.8 Å². The van der Waals surface area contributed by atoms with Gasteiger partial charge in [-0.2, -0.15) is 0 Å². The maximum absolute atomic E-state index is 12.9. The maximum Gasteiger partial charge on any atom is 0.352 e. The molecule has 35 heavy (non-hydrogen) atoms. The first-order chi connectivity index (χ1) is 16.7. The van der Waals surface area contributed by atoms with Gasteiger partial charge in [0.15, 0.2) is 0 Å². The number of nitrogens with one attached hydrogen (secondary N) is 1. The van der Waals surface area contributed by atoms with E-state index in [4.69, 9.17) is 5.73 Å². The topological polar surface area (TPSA) is 164 Å². The van der Waals surface area contributed by atoms with Crippen LogP contribution in [-0.2, 0) is 14.4 Å². The number of carbonyl (C=O) groups excluding carboxylic acids is 2. The molecule has 1 fully saturated rings. The van der Waals surface area contributed by atoms with E-state index in [2.05, 4.69) is 15.6 Å². The molecule has 0 radical (unpaired) electrons. The number of carboxylic acid groups (broad SMARTS) is 1. The number of hydrogen-bond donors (Lipinski definition) is 4. The van der Waals surface area contributed by atoms with Gasteiger partial charge in [0.25, 0.3) is 5.91 Å². The van der Waals surface area contributed by atoms with Crippen LogP contribution in [0.2, 0.25) is 0 Å². The second kappa shape index (κ2) is 10.3. The molecule has 5 N–H and O–H groups in total. The highest BCUT2D eigenvalue weighted by molar-refractivity contribution is 8.01. The van der Waals surface area contributed by atoms with Crippen LogP contribution in [0.1, 0.15) is 31.4 Å². The number of β-lactam (4-membered cyclic amide) rings is 1. The fourth-order valence-electron chi connectivity index (χ4n) is 3.89. The monoisotopic (exact) mass is 518 g/mol. The number of hydrogen-bond acceptors (Lipinski definition) is 9. The average molecular weight is 519 g/mol. The largest absolute Gasteiger partial charge is 0.508 e. The van der Waals surface area contributed by atoms with Gasteiger partial charge in [-0.15, -0.1) is 16.9 Å². The van der Waals surface area contributed by atoms with Gasteiger partial charge in [0.1, 0.15) is 27.9 Å². The zero-order valence-electron chi connectivity index (χ0n) is 19.1. The molecule has 11 nitrogen and oxygen atoms in total. The molecule has 0 bridgehead atoms. The minimum Gasteiger partial charge on any atom is -0.508 e. The van der Waals surface area contributed by atoms with Crippen LogP contribution >= 0.6 is 23.5 Å². The van der Waals surface area contributed by atoms with Crippen molar-refractivity contribution in [3.8, 4) is 5.75 Å². The quantitative estimate of drug-likeness (QED) is 0.279. The highest BCUT2D eigenvalue weighted by Crippen LogP contribution is 2.41. The number of nitrogens with zero attached hydrogens (tertiary/aromatic N) is 4. The molecule has 1 saturated heterocycles. The lowest BCUT2D eigenvalue weighted by Gasteiger charge is -2.49. The van der Waals surface area contributed by atoms with Crippen LogP contribution in [-0.4, -0.2) is 77.4 Å². The number of carbonyl (C=O) groups is 3. The van der Waals surface area contributed by atoms with Gasteiger partial charge in [0, 0.05) is 24.1 Å². The minimum atomic E-state index is -1.18. The van der Waals surface area contributed by atoms with E-state index >= 15 is 0 Å². The van der Waals surface area contributed by atoms with Crippen LogP contribution in [0, 0.1) is 0 Å². The summed E-state index contributed by atoms with van der Waals surface area (Å²) in [5, 5.41) is 30.4. The zero-order chi connectivity index (χ0) is 25.3. The summed E-state index contributed by atoms with van der Waals surface area (Å²) in [6, 6.07) is 5.46. The Morgan fingerprint density at radius 1 is 1.31 bits per heavy atom. The molecule has 3 heterocycles. The molecule has 1 aromatic carbocycles. The number of nitrogens with two attached hydrogens (primary N) is 1. The first-order valence-electron chi connectivity index (χ1n) is 10.9. The van der Waals surface area contributed by atoms with Crippen molar-refractivity contribution in [3.63, 3.8) is 0 Å². The fourth-order valence-corrected chi connectivity index (χ4v) is 6.20. The Labute approximate surface area is 210 Å². The highest BCUT2D eigenvalue weighted by Gasteiger charge is 2.54. The molecule has 0 aliphatic carbocycles. The SMILES string of the molecule is CC(C)n1cc(SCC2=C(C(=O)O)N3C(=O)C(NC(=O)C(CN)c4ccc(O)cc4)C3SC2)nn1. The van der Waals surface area contributed by atoms with Gasteiger partial charge < -0.3 is 21.3 Å². The number of rotatable bonds is 9. The van der Waals surface area contributed by atoms with Crippen molar-refractivity contribution >= 4 is 41.3 Å². The molecule has 0 saturated carbocycles. The summed E-state index contributed by atoms with van der Waals surface area (Å²) in [6.45, 7) is 3.98. The summed E-state index contributed by atoms with van der Waals surface area (Å²) in [4.78, 5) is 39.2. The predicted octanol–water partition coefficient (Wildman–Crippen LogP) is 1.14. The summed E-state index contributed by atoms with van der Waals surface area (Å²) in [6.07, 6.45) is 1.80. The predicted molar refractivity (Wildman–Crippen MR) is 131 cm³/mol. The van der Waals surface area contributed by atoms with Crippen LogP contribution < -0.4 is 11.1 Å². The molecule has 4 rings (SSSR count). The van der Waals surface area contributed by atoms with Crippen LogP contribution in [0.25, 0.3) is 0 Å². The van der Waals surface area contributed by atoms with Crippen LogP contribution in [0.4, 0.5) is 0 Å². The van der Waals surface area contributed by atoms with Crippen molar-refractivity contribution in [3.05, 3.63) is 47.3 Å². The molecule has 186 valence electrons. The number of aromatic hydroxyl groups is 1. The van der Waals surface area contributed by atoms with Crippen molar-refractivity contribution in [1.82, 2.24) is 25.2 Å². The number of amides is 2. The third-order valence-electron chi connectivity index (χ3n) is 5.81. The molecule has 13 heteroatoms. The molecular formula is C22H26N6O5S2. The van der Waals surface area contributed by atoms with Gasteiger partial charge in [-0.25, -0.2) is 9.48 Å². The lowest BCUT2D eigenvalue weighted by molar-refractivity contribution is -0.150. The Kier molecular flexibility index (Phi) is 7.38. The summed E-state index contributed by atoms with van der Waals surface area (Å²) < 4.78 is 1.72. The third-order valence-corrected chi connectivity index (χ3v) is 8.12. The number of thioether (sulfide) groups is 2. The van der Waals surface area contributed by atoms with E-state index in [0.717, 1.165) is 0 Å². The van der Waals surface area contributed by atoms with Crippen molar-refractivity contribution in [2.45, 2.75) is 42.2 Å². The number of aliphatic carboxylic acids is 1. The molecule has 2 aromatic rings. The Morgan fingerprint density at radius 3 is 2.63 bits per heavy atom. The molecule has 1 aromatic heterocycles. The summed E-state index contributed by atoms with van der Waals surface area (Å²) in [5.41, 5.74) is 6.99. The Bertz CT molecular complexity index is 1170. The van der Waals surface area contributed by atoms with E-state index < -0.39 is 35.1 Å². The van der Waals surface area contributed by atoms with E-state index in [9.17, 15) is 24.6 Å².